The zero-order chi connectivity index (χ0) is 22.1. The summed E-state index contributed by atoms with van der Waals surface area (Å²) in [5, 5.41) is 0.589. The molecule has 0 aliphatic rings. The minimum Gasteiger partial charge on any atom is -0.598 e. The number of hydrogen-bond acceptors (Lipinski definition) is 5. The summed E-state index contributed by atoms with van der Waals surface area (Å²) < 4.78 is 20.8. The predicted octanol–water partition coefficient (Wildman–Crippen LogP) is 5.38. The largest absolute Gasteiger partial charge is 0.598 e. The van der Waals surface area contributed by atoms with Crippen molar-refractivity contribution in [2.45, 2.75) is 64.4 Å². The molecule has 0 unspecified atom stereocenters. The van der Waals surface area contributed by atoms with Gasteiger partial charge < -0.3 is 9.29 Å². The maximum Gasteiger partial charge on any atom is 0.308 e. The van der Waals surface area contributed by atoms with E-state index in [0.717, 1.165) is 17.7 Å². The monoisotopic (exact) mass is 450 g/mol. The summed E-state index contributed by atoms with van der Waals surface area (Å²) in [6.45, 7) is 7.92. The number of benzene rings is 1. The van der Waals surface area contributed by atoms with Crippen LogP contribution in [0.4, 0.5) is 0 Å². The zero-order valence-electron chi connectivity index (χ0n) is 18.1. The Morgan fingerprint density at radius 2 is 1.93 bits per heavy atom. The number of carbonyl (C=O) groups is 1. The second-order valence-electron chi connectivity index (χ2n) is 8.38. The maximum atomic E-state index is 12.6. The number of nitrogens with zero attached hydrogens (tertiary/aromatic N) is 1. The summed E-state index contributed by atoms with van der Waals surface area (Å²) in [6.07, 6.45) is 3.77. The van der Waals surface area contributed by atoms with Gasteiger partial charge in [-0.05, 0) is 51.3 Å². The van der Waals surface area contributed by atoms with E-state index < -0.39 is 16.1 Å². The first-order chi connectivity index (χ1) is 14.2. The van der Waals surface area contributed by atoms with Gasteiger partial charge in [-0.3, -0.25) is 9.78 Å². The normalized spacial score (nSPS) is 14.7. The van der Waals surface area contributed by atoms with Crippen LogP contribution in [-0.2, 0) is 27.5 Å². The van der Waals surface area contributed by atoms with Crippen LogP contribution < -0.4 is 4.72 Å². The van der Waals surface area contributed by atoms with Crippen molar-refractivity contribution in [3.05, 3.63) is 64.9 Å². The lowest BCUT2D eigenvalue weighted by Gasteiger charge is -2.28. The van der Waals surface area contributed by atoms with E-state index >= 15 is 0 Å². The van der Waals surface area contributed by atoms with Crippen molar-refractivity contribution in [2.75, 3.05) is 0 Å². The van der Waals surface area contributed by atoms with E-state index in [-0.39, 0.29) is 24.5 Å². The van der Waals surface area contributed by atoms with E-state index in [4.69, 9.17) is 16.3 Å². The Hall–Kier alpha value is -1.60. The summed E-state index contributed by atoms with van der Waals surface area (Å²) in [7, 11) is 0. The van der Waals surface area contributed by atoms with Gasteiger partial charge in [-0.25, -0.2) is 0 Å². The molecule has 0 saturated heterocycles. The molecule has 0 spiro atoms. The second-order valence-corrected chi connectivity index (χ2v) is 10.8. The number of nitrogens with one attached hydrogen (secondary N) is 1. The molecule has 0 aliphatic heterocycles. The lowest BCUT2D eigenvalue weighted by Crippen LogP contribution is -2.41. The van der Waals surface area contributed by atoms with Crippen molar-refractivity contribution in [2.24, 2.45) is 5.92 Å². The van der Waals surface area contributed by atoms with E-state index in [1.165, 1.54) is 0 Å². The van der Waals surface area contributed by atoms with Crippen molar-refractivity contribution in [1.82, 2.24) is 9.71 Å². The van der Waals surface area contributed by atoms with Crippen molar-refractivity contribution in [3.63, 3.8) is 0 Å². The summed E-state index contributed by atoms with van der Waals surface area (Å²) >= 11 is 4.88. The predicted molar refractivity (Wildman–Crippen MR) is 122 cm³/mol. The number of ether oxygens (including phenoxy) is 1. The molecular weight excluding hydrogens is 420 g/mol. The van der Waals surface area contributed by atoms with Gasteiger partial charge in [0.1, 0.15) is 11.4 Å². The van der Waals surface area contributed by atoms with Crippen LogP contribution in [0.25, 0.3) is 0 Å². The lowest BCUT2D eigenvalue weighted by molar-refractivity contribution is -0.149. The minimum absolute atomic E-state index is 0.206. The van der Waals surface area contributed by atoms with Gasteiger partial charge >= 0.3 is 5.97 Å². The number of hydrogen-bond donors (Lipinski definition) is 1. The molecule has 7 heteroatoms. The third-order valence-corrected chi connectivity index (χ3v) is 6.51. The third kappa shape index (κ3) is 8.26. The van der Waals surface area contributed by atoms with E-state index in [9.17, 15) is 9.35 Å². The minimum atomic E-state index is -1.25. The first kappa shape index (κ1) is 24.7. The van der Waals surface area contributed by atoms with E-state index in [1.54, 1.807) is 18.3 Å². The number of rotatable bonds is 10. The summed E-state index contributed by atoms with van der Waals surface area (Å²) in [5.41, 5.74) is 1.72. The van der Waals surface area contributed by atoms with Crippen molar-refractivity contribution >= 4 is 28.9 Å². The van der Waals surface area contributed by atoms with Crippen LogP contribution in [-0.4, -0.2) is 20.3 Å². The van der Waals surface area contributed by atoms with Crippen LogP contribution in [0.1, 0.15) is 64.3 Å². The Balaban J connectivity index is 1.90. The van der Waals surface area contributed by atoms with Gasteiger partial charge in [-0.1, -0.05) is 55.3 Å². The molecule has 3 atom stereocenters. The number of esters is 1. The highest BCUT2D eigenvalue weighted by atomic mass is 35.5. The Morgan fingerprint density at radius 3 is 2.57 bits per heavy atom. The summed E-state index contributed by atoms with van der Waals surface area (Å²) in [4.78, 5) is 16.7. The zero-order valence-corrected chi connectivity index (χ0v) is 19.6. The quantitative estimate of drug-likeness (QED) is 0.388. The molecule has 0 aliphatic carbocycles. The van der Waals surface area contributed by atoms with Crippen LogP contribution in [0.3, 0.4) is 0 Å². The number of halogens is 1. The number of carbonyl (C=O) groups excluding carboxylic acids is 1. The average molecular weight is 451 g/mol. The average Bonchev–Trinajstić information content (AvgIpc) is 2.71. The highest BCUT2D eigenvalue weighted by Gasteiger charge is 2.30. The molecular formula is C23H31ClN2O3S. The lowest BCUT2D eigenvalue weighted by atomic mass is 10.0. The van der Waals surface area contributed by atoms with E-state index in [2.05, 4.69) is 9.71 Å². The summed E-state index contributed by atoms with van der Waals surface area (Å²) in [6, 6.07) is 12.9. The van der Waals surface area contributed by atoms with Gasteiger partial charge in [0.05, 0.1) is 17.7 Å². The van der Waals surface area contributed by atoms with Crippen molar-refractivity contribution < 1.29 is 14.1 Å². The molecule has 2 aromatic rings. The van der Waals surface area contributed by atoms with Crippen LogP contribution >= 0.6 is 11.6 Å². The van der Waals surface area contributed by atoms with Crippen LogP contribution in [0.15, 0.2) is 48.7 Å². The maximum absolute atomic E-state index is 12.6. The topological polar surface area (TPSA) is 74.3 Å². The molecule has 1 N–H and O–H groups in total. The Bertz CT molecular complexity index is 799. The third-order valence-electron chi connectivity index (χ3n) is 4.66. The Kier molecular flexibility index (Phi) is 9.62. The molecule has 1 heterocycles. The van der Waals surface area contributed by atoms with Crippen LogP contribution in [0.5, 0.6) is 0 Å². The highest BCUT2D eigenvalue weighted by Crippen LogP contribution is 2.25. The molecule has 2 rings (SSSR count). The van der Waals surface area contributed by atoms with Crippen LogP contribution in [0.2, 0.25) is 5.02 Å². The number of aromatic nitrogens is 1. The SMILES string of the molecule is C[C@H](CCC[C@H](N[S@+]([O-])C(C)(C)C)c1cc(Cl)ccn1)C(=O)OCc1ccccc1. The first-order valence-electron chi connectivity index (χ1n) is 10.2. The van der Waals surface area contributed by atoms with Gasteiger partial charge in [0.2, 0.25) is 0 Å². The number of pyridine rings is 1. The summed E-state index contributed by atoms with van der Waals surface area (Å²) in [5.74, 6) is -0.419. The standard InChI is InChI=1S/C23H31ClN2O3S/c1-17(22(27)29-16-18-10-6-5-7-11-18)9-8-12-20(26-30(28)23(2,3)4)21-15-19(24)13-14-25-21/h5-7,10-11,13-15,17,20,26H,8-9,12,16H2,1-4H3/t17-,20+,30-/m1/s1. The molecule has 0 radical (unpaired) electrons. The molecule has 30 heavy (non-hydrogen) atoms. The highest BCUT2D eigenvalue weighted by molar-refractivity contribution is 7.90. The Morgan fingerprint density at radius 1 is 1.23 bits per heavy atom. The molecule has 0 saturated carbocycles. The molecule has 0 fully saturated rings. The van der Waals surface area contributed by atoms with E-state index in [1.807, 2.05) is 58.0 Å². The molecule has 1 aromatic carbocycles. The first-order valence-corrected chi connectivity index (χ1v) is 11.7. The molecule has 1 aromatic heterocycles. The smallest absolute Gasteiger partial charge is 0.308 e. The molecule has 0 amide bonds. The van der Waals surface area contributed by atoms with Gasteiger partial charge in [0, 0.05) is 22.6 Å². The van der Waals surface area contributed by atoms with Crippen molar-refractivity contribution in [3.8, 4) is 0 Å². The van der Waals surface area contributed by atoms with Gasteiger partial charge in [-0.2, -0.15) is 0 Å². The molecule has 5 nitrogen and oxygen atoms in total. The molecule has 0 bridgehead atoms. The van der Waals surface area contributed by atoms with Gasteiger partial charge in [-0.15, -0.1) is 4.72 Å². The fourth-order valence-electron chi connectivity index (χ4n) is 2.80. The van der Waals surface area contributed by atoms with Gasteiger partial charge in [0.15, 0.2) is 0 Å². The van der Waals surface area contributed by atoms with Crippen molar-refractivity contribution in [1.29, 1.82) is 0 Å². The fraction of sp³-hybridized carbons (Fsp3) is 0.478. The van der Waals surface area contributed by atoms with Crippen LogP contribution in [0, 0.1) is 5.92 Å². The van der Waals surface area contributed by atoms with E-state index in [0.29, 0.717) is 17.9 Å². The fourth-order valence-corrected chi connectivity index (χ4v) is 3.82. The second kappa shape index (κ2) is 11.7. The Labute approximate surface area is 187 Å². The van der Waals surface area contributed by atoms with Gasteiger partial charge in [0.25, 0.3) is 0 Å². The molecule has 164 valence electrons.